The number of thiophene rings is 1. The van der Waals surface area contributed by atoms with Crippen molar-refractivity contribution in [2.75, 3.05) is 18.7 Å². The molecule has 3 amide bonds. The van der Waals surface area contributed by atoms with Crippen molar-refractivity contribution < 1.29 is 22.7 Å². The van der Waals surface area contributed by atoms with Gasteiger partial charge in [-0.25, -0.2) is 13.2 Å². The number of hydrogen-bond acceptors (Lipinski definition) is 6. The Morgan fingerprint density at radius 1 is 1.19 bits per heavy atom. The first kappa shape index (κ1) is 18.2. The molecule has 1 heterocycles. The minimum absolute atomic E-state index is 0.196. The zero-order valence-corrected chi connectivity index (χ0v) is 15.7. The van der Waals surface area contributed by atoms with Crippen LogP contribution in [0.2, 0.25) is 0 Å². The number of carbonyl (C=O) groups is 2. The van der Waals surface area contributed by atoms with Crippen LogP contribution in [-0.2, 0) is 22.7 Å². The summed E-state index contributed by atoms with van der Waals surface area (Å²) in [5, 5.41) is 2.67. The number of sulfone groups is 1. The first-order chi connectivity index (χ1) is 12.1. The van der Waals surface area contributed by atoms with Gasteiger partial charge in [-0.05, 0) is 36.1 Å². The van der Waals surface area contributed by atoms with Crippen LogP contribution in [0.1, 0.15) is 21.5 Å². The number of methoxy groups -OCH3 is 1. The van der Waals surface area contributed by atoms with Crippen LogP contribution in [0, 0.1) is 0 Å². The van der Waals surface area contributed by atoms with E-state index in [0.717, 1.165) is 17.6 Å². The zero-order chi connectivity index (χ0) is 19.2. The van der Waals surface area contributed by atoms with Crippen LogP contribution in [0.15, 0.2) is 17.0 Å². The summed E-state index contributed by atoms with van der Waals surface area (Å²) in [5.74, 6) is -0.204. The number of benzene rings is 1. The standard InChI is InChI=1S/C16H17N3O5S2/c1-24-9-5-6-10(26(2,22)23)7-3-4-8-12(14(17)20)15(19-16(18)21)25-13(8)11(7)9/h5-6H,3-4H2,1-2H3,(H2,17,20)(H3,18,19,21). The van der Waals surface area contributed by atoms with Crippen LogP contribution in [0.25, 0.3) is 10.4 Å². The molecular formula is C16H17N3O5S2. The molecule has 0 fully saturated rings. The third-order valence-corrected chi connectivity index (χ3v) is 6.54. The van der Waals surface area contributed by atoms with Gasteiger partial charge in [0.15, 0.2) is 9.84 Å². The van der Waals surface area contributed by atoms with Gasteiger partial charge >= 0.3 is 6.03 Å². The van der Waals surface area contributed by atoms with E-state index in [9.17, 15) is 18.0 Å². The lowest BCUT2D eigenvalue weighted by Gasteiger charge is -2.22. The summed E-state index contributed by atoms with van der Waals surface area (Å²) in [4.78, 5) is 24.1. The van der Waals surface area contributed by atoms with Crippen molar-refractivity contribution >= 4 is 38.1 Å². The van der Waals surface area contributed by atoms with Crippen molar-refractivity contribution in [2.45, 2.75) is 17.7 Å². The van der Waals surface area contributed by atoms with Crippen LogP contribution in [0.3, 0.4) is 0 Å². The molecule has 8 nitrogen and oxygen atoms in total. The Morgan fingerprint density at radius 2 is 1.85 bits per heavy atom. The summed E-state index contributed by atoms with van der Waals surface area (Å²) in [6.45, 7) is 0. The Labute approximate surface area is 154 Å². The van der Waals surface area contributed by atoms with Crippen molar-refractivity contribution in [3.63, 3.8) is 0 Å². The molecular weight excluding hydrogens is 378 g/mol. The second-order valence-electron chi connectivity index (χ2n) is 5.86. The Bertz CT molecular complexity index is 1040. The number of anilines is 1. The molecule has 2 aromatic rings. The zero-order valence-electron chi connectivity index (χ0n) is 14.1. The van der Waals surface area contributed by atoms with Gasteiger partial charge in [-0.15, -0.1) is 11.3 Å². The van der Waals surface area contributed by atoms with Gasteiger partial charge in [0.2, 0.25) is 0 Å². The minimum Gasteiger partial charge on any atom is -0.496 e. The third kappa shape index (κ3) is 2.90. The Balaban J connectivity index is 2.36. The lowest BCUT2D eigenvalue weighted by atomic mass is 9.88. The predicted octanol–water partition coefficient (Wildman–Crippen LogP) is 1.52. The number of amides is 3. The number of ether oxygens (including phenoxy) is 1. The topological polar surface area (TPSA) is 142 Å². The number of urea groups is 1. The van der Waals surface area contributed by atoms with E-state index in [0.29, 0.717) is 40.2 Å². The molecule has 10 heteroatoms. The largest absolute Gasteiger partial charge is 0.496 e. The van der Waals surface area contributed by atoms with Gasteiger partial charge in [-0.2, -0.15) is 0 Å². The molecule has 0 saturated heterocycles. The fourth-order valence-electron chi connectivity index (χ4n) is 3.24. The SMILES string of the molecule is COc1ccc(S(C)(=O)=O)c2c1-c1sc(NC(N)=O)c(C(N)=O)c1CC2. The van der Waals surface area contributed by atoms with Gasteiger partial charge in [0.25, 0.3) is 5.91 Å². The molecule has 0 unspecified atom stereocenters. The number of carbonyl (C=O) groups excluding carboxylic acids is 2. The number of primary amides is 2. The monoisotopic (exact) mass is 395 g/mol. The first-order valence-corrected chi connectivity index (χ1v) is 10.3. The van der Waals surface area contributed by atoms with E-state index >= 15 is 0 Å². The van der Waals surface area contributed by atoms with E-state index in [2.05, 4.69) is 5.32 Å². The van der Waals surface area contributed by atoms with E-state index < -0.39 is 21.8 Å². The van der Waals surface area contributed by atoms with Gasteiger partial charge in [0, 0.05) is 16.7 Å². The summed E-state index contributed by atoms with van der Waals surface area (Å²) >= 11 is 1.12. The molecule has 138 valence electrons. The van der Waals surface area contributed by atoms with E-state index in [1.54, 1.807) is 6.07 Å². The molecule has 26 heavy (non-hydrogen) atoms. The first-order valence-electron chi connectivity index (χ1n) is 7.57. The summed E-state index contributed by atoms with van der Waals surface area (Å²) < 4.78 is 29.7. The van der Waals surface area contributed by atoms with Gasteiger partial charge in [-0.3, -0.25) is 10.1 Å². The fourth-order valence-corrected chi connectivity index (χ4v) is 5.54. The highest BCUT2D eigenvalue weighted by molar-refractivity contribution is 7.90. The number of fused-ring (bicyclic) bond motifs is 3. The van der Waals surface area contributed by atoms with Crippen LogP contribution in [0.5, 0.6) is 5.75 Å². The normalized spacial score (nSPS) is 12.8. The van der Waals surface area contributed by atoms with E-state index in [-0.39, 0.29) is 15.5 Å². The highest BCUT2D eigenvalue weighted by atomic mass is 32.2. The lowest BCUT2D eigenvalue weighted by Crippen LogP contribution is -2.22. The average molecular weight is 395 g/mol. The maximum Gasteiger partial charge on any atom is 0.317 e. The summed E-state index contributed by atoms with van der Waals surface area (Å²) in [6, 6.07) is 2.28. The van der Waals surface area contributed by atoms with E-state index in [1.807, 2.05) is 0 Å². The Morgan fingerprint density at radius 3 is 2.38 bits per heavy atom. The molecule has 5 N–H and O–H groups in total. The molecule has 0 saturated carbocycles. The van der Waals surface area contributed by atoms with Crippen molar-refractivity contribution in [1.29, 1.82) is 0 Å². The molecule has 0 atom stereocenters. The van der Waals surface area contributed by atoms with Crippen molar-refractivity contribution in [3.8, 4) is 16.2 Å². The lowest BCUT2D eigenvalue weighted by molar-refractivity contribution is 0.100. The van der Waals surface area contributed by atoms with Gasteiger partial charge in [0.1, 0.15) is 10.8 Å². The molecule has 1 aromatic heterocycles. The number of nitrogens with two attached hydrogens (primary N) is 2. The minimum atomic E-state index is -3.44. The van der Waals surface area contributed by atoms with Crippen LogP contribution < -0.4 is 21.5 Å². The summed E-state index contributed by atoms with van der Waals surface area (Å²) in [5.41, 5.74) is 12.8. The molecule has 0 spiro atoms. The Kier molecular flexibility index (Phi) is 4.41. The molecule has 0 aliphatic heterocycles. The van der Waals surface area contributed by atoms with Crippen LogP contribution >= 0.6 is 11.3 Å². The summed E-state index contributed by atoms with van der Waals surface area (Å²) in [7, 11) is -1.96. The highest BCUT2D eigenvalue weighted by Crippen LogP contribution is 2.49. The maximum absolute atomic E-state index is 12.2. The Hall–Kier alpha value is -2.59. The number of nitrogens with one attached hydrogen (secondary N) is 1. The number of rotatable bonds is 4. The highest BCUT2D eigenvalue weighted by Gasteiger charge is 2.32. The van der Waals surface area contributed by atoms with Crippen molar-refractivity contribution in [2.24, 2.45) is 11.5 Å². The summed E-state index contributed by atoms with van der Waals surface area (Å²) in [6.07, 6.45) is 1.95. The second-order valence-corrected chi connectivity index (χ2v) is 8.86. The molecule has 0 radical (unpaired) electrons. The molecule has 1 aliphatic carbocycles. The van der Waals surface area contributed by atoms with E-state index in [1.165, 1.54) is 13.2 Å². The van der Waals surface area contributed by atoms with Gasteiger partial charge in [-0.1, -0.05) is 0 Å². The van der Waals surface area contributed by atoms with E-state index in [4.69, 9.17) is 16.2 Å². The quantitative estimate of drug-likeness (QED) is 0.719. The van der Waals surface area contributed by atoms with Gasteiger partial charge in [0.05, 0.1) is 17.6 Å². The van der Waals surface area contributed by atoms with Crippen LogP contribution in [-0.4, -0.2) is 33.7 Å². The van der Waals surface area contributed by atoms with Crippen LogP contribution in [0.4, 0.5) is 9.80 Å². The molecule has 1 aliphatic rings. The third-order valence-electron chi connectivity index (χ3n) is 4.19. The second kappa shape index (κ2) is 6.29. The van der Waals surface area contributed by atoms with Crippen molar-refractivity contribution in [3.05, 3.63) is 28.8 Å². The smallest absolute Gasteiger partial charge is 0.317 e. The molecule has 3 rings (SSSR count). The van der Waals surface area contributed by atoms with Gasteiger partial charge < -0.3 is 16.2 Å². The number of hydrogen-bond donors (Lipinski definition) is 3. The average Bonchev–Trinajstić information content (AvgIpc) is 2.89. The van der Waals surface area contributed by atoms with Crippen molar-refractivity contribution in [1.82, 2.24) is 0 Å². The predicted molar refractivity (Wildman–Crippen MR) is 98.5 cm³/mol. The molecule has 0 bridgehead atoms. The fraction of sp³-hybridized carbons (Fsp3) is 0.250. The molecule has 1 aromatic carbocycles. The maximum atomic E-state index is 12.2.